The lowest BCUT2D eigenvalue weighted by atomic mass is 9.94. The highest BCUT2D eigenvalue weighted by Gasteiger charge is 2.31. The van der Waals surface area contributed by atoms with Crippen LogP contribution in [0, 0.1) is 0 Å². The molecule has 2 aliphatic rings. The predicted molar refractivity (Wildman–Crippen MR) is 110 cm³/mol. The lowest BCUT2D eigenvalue weighted by Crippen LogP contribution is -2.45. The van der Waals surface area contributed by atoms with Gasteiger partial charge in [-0.2, -0.15) is 0 Å². The van der Waals surface area contributed by atoms with Crippen molar-refractivity contribution in [1.29, 1.82) is 0 Å². The summed E-state index contributed by atoms with van der Waals surface area (Å²) in [5.41, 5.74) is 4.90. The number of rotatable bonds is 5. The third kappa shape index (κ3) is 3.79. The summed E-state index contributed by atoms with van der Waals surface area (Å²) in [5, 5.41) is 9.89. The normalized spacial score (nSPS) is 17.6. The van der Waals surface area contributed by atoms with E-state index in [-0.39, 0.29) is 18.1 Å². The summed E-state index contributed by atoms with van der Waals surface area (Å²) in [4.78, 5) is 14.7. The van der Waals surface area contributed by atoms with Gasteiger partial charge in [0.15, 0.2) is 0 Å². The molecule has 1 amide bonds. The smallest absolute Gasteiger partial charge is 0.410 e. The molecular formula is C24H29NO3. The molecule has 0 saturated heterocycles. The molecule has 0 bridgehead atoms. The van der Waals surface area contributed by atoms with Crippen LogP contribution in [0.3, 0.4) is 0 Å². The minimum absolute atomic E-state index is 0.0658. The summed E-state index contributed by atoms with van der Waals surface area (Å²) in [6, 6.07) is 16.9. The largest absolute Gasteiger partial charge is 0.448 e. The Morgan fingerprint density at radius 2 is 1.61 bits per heavy atom. The maximum Gasteiger partial charge on any atom is 0.410 e. The predicted octanol–water partition coefficient (Wildman–Crippen LogP) is 4.95. The van der Waals surface area contributed by atoms with E-state index >= 15 is 0 Å². The topological polar surface area (TPSA) is 49.8 Å². The van der Waals surface area contributed by atoms with E-state index in [1.165, 1.54) is 28.7 Å². The summed E-state index contributed by atoms with van der Waals surface area (Å²) in [7, 11) is 0. The van der Waals surface area contributed by atoms with Gasteiger partial charge < -0.3 is 14.7 Å². The molecule has 2 aliphatic carbocycles. The molecule has 0 heterocycles. The number of fused-ring (bicyclic) bond motifs is 3. The Kier molecular flexibility index (Phi) is 5.67. The van der Waals surface area contributed by atoms with Crippen molar-refractivity contribution in [2.24, 2.45) is 0 Å². The number of hydrogen-bond acceptors (Lipinski definition) is 3. The Morgan fingerprint density at radius 3 is 2.18 bits per heavy atom. The Balaban J connectivity index is 1.50. The quantitative estimate of drug-likeness (QED) is 0.799. The van der Waals surface area contributed by atoms with Crippen molar-refractivity contribution in [1.82, 2.24) is 4.90 Å². The number of hydrogen-bond donors (Lipinski definition) is 1. The van der Waals surface area contributed by atoms with E-state index in [1.807, 2.05) is 12.1 Å². The van der Waals surface area contributed by atoms with Gasteiger partial charge >= 0.3 is 6.09 Å². The Labute approximate surface area is 167 Å². The SMILES string of the molecule is CC(O)CN(C(=O)OCC1c2ccccc2-c2ccccc21)C1CCCCC1. The number of aliphatic hydroxyl groups is 1. The minimum atomic E-state index is -0.553. The third-order valence-corrected chi connectivity index (χ3v) is 6.05. The summed E-state index contributed by atoms with van der Waals surface area (Å²) < 4.78 is 5.83. The van der Waals surface area contributed by atoms with E-state index in [4.69, 9.17) is 4.74 Å². The average Bonchev–Trinajstić information content (AvgIpc) is 3.05. The van der Waals surface area contributed by atoms with Crippen molar-refractivity contribution in [3.8, 4) is 11.1 Å². The van der Waals surface area contributed by atoms with Crippen molar-refractivity contribution in [2.75, 3.05) is 13.2 Å². The average molecular weight is 380 g/mol. The second-order valence-electron chi connectivity index (χ2n) is 8.10. The van der Waals surface area contributed by atoms with Crippen LogP contribution < -0.4 is 0 Å². The first-order valence-corrected chi connectivity index (χ1v) is 10.4. The molecule has 2 aromatic rings. The Hall–Kier alpha value is -2.33. The lowest BCUT2D eigenvalue weighted by molar-refractivity contribution is 0.0500. The number of nitrogens with zero attached hydrogens (tertiary/aromatic N) is 1. The molecule has 148 valence electrons. The van der Waals surface area contributed by atoms with E-state index in [1.54, 1.807) is 11.8 Å². The van der Waals surface area contributed by atoms with Crippen molar-refractivity contribution >= 4 is 6.09 Å². The first-order chi connectivity index (χ1) is 13.6. The maximum atomic E-state index is 13.0. The first kappa shape index (κ1) is 19.0. The van der Waals surface area contributed by atoms with Crippen molar-refractivity contribution < 1.29 is 14.6 Å². The van der Waals surface area contributed by atoms with Crippen molar-refractivity contribution in [2.45, 2.75) is 57.1 Å². The molecule has 1 atom stereocenters. The van der Waals surface area contributed by atoms with Gasteiger partial charge in [-0.05, 0) is 42.0 Å². The highest BCUT2D eigenvalue weighted by Crippen LogP contribution is 2.44. The van der Waals surface area contributed by atoms with Crippen LogP contribution in [0.5, 0.6) is 0 Å². The van der Waals surface area contributed by atoms with Gasteiger partial charge in [-0.15, -0.1) is 0 Å². The molecule has 0 spiro atoms. The molecule has 1 saturated carbocycles. The zero-order valence-electron chi connectivity index (χ0n) is 16.5. The van der Waals surface area contributed by atoms with Crippen molar-refractivity contribution in [3.63, 3.8) is 0 Å². The monoisotopic (exact) mass is 379 g/mol. The zero-order valence-corrected chi connectivity index (χ0v) is 16.5. The highest BCUT2D eigenvalue weighted by atomic mass is 16.6. The molecule has 0 aromatic heterocycles. The van der Waals surface area contributed by atoms with Crippen LogP contribution in [0.1, 0.15) is 56.1 Å². The summed E-state index contributed by atoms with van der Waals surface area (Å²) in [5.74, 6) is 0.0658. The van der Waals surface area contributed by atoms with Gasteiger partial charge in [-0.3, -0.25) is 0 Å². The van der Waals surface area contributed by atoms with Crippen LogP contribution >= 0.6 is 0 Å². The second kappa shape index (κ2) is 8.36. The Bertz CT molecular complexity index is 781. The Morgan fingerprint density at radius 1 is 1.04 bits per heavy atom. The fourth-order valence-electron chi connectivity index (χ4n) is 4.73. The number of benzene rings is 2. The third-order valence-electron chi connectivity index (χ3n) is 6.05. The number of ether oxygens (including phenoxy) is 1. The molecule has 1 unspecified atom stereocenters. The van der Waals surface area contributed by atoms with Crippen LogP contribution in [0.25, 0.3) is 11.1 Å². The van der Waals surface area contributed by atoms with Crippen LogP contribution in [-0.4, -0.2) is 41.4 Å². The minimum Gasteiger partial charge on any atom is -0.448 e. The van der Waals surface area contributed by atoms with Gasteiger partial charge in [0, 0.05) is 18.5 Å². The molecule has 4 heteroatoms. The molecule has 4 rings (SSSR count). The van der Waals surface area contributed by atoms with Crippen molar-refractivity contribution in [3.05, 3.63) is 59.7 Å². The molecule has 1 fully saturated rings. The van der Waals surface area contributed by atoms with E-state index in [2.05, 4.69) is 36.4 Å². The second-order valence-corrected chi connectivity index (χ2v) is 8.10. The zero-order chi connectivity index (χ0) is 19.5. The van der Waals surface area contributed by atoms with Gasteiger partial charge in [0.05, 0.1) is 6.10 Å². The van der Waals surface area contributed by atoms with Gasteiger partial charge in [0.1, 0.15) is 6.61 Å². The van der Waals surface area contributed by atoms with Crippen LogP contribution in [-0.2, 0) is 4.74 Å². The fourth-order valence-corrected chi connectivity index (χ4v) is 4.73. The van der Waals surface area contributed by atoms with Crippen LogP contribution in [0.2, 0.25) is 0 Å². The molecule has 28 heavy (non-hydrogen) atoms. The maximum absolute atomic E-state index is 13.0. The molecule has 0 radical (unpaired) electrons. The fraction of sp³-hybridized carbons (Fsp3) is 0.458. The lowest BCUT2D eigenvalue weighted by Gasteiger charge is -2.34. The molecule has 4 nitrogen and oxygen atoms in total. The number of aliphatic hydroxyl groups excluding tert-OH is 1. The molecule has 2 aromatic carbocycles. The number of carbonyl (C=O) groups is 1. The molecule has 0 aliphatic heterocycles. The van der Waals surface area contributed by atoms with Gasteiger partial charge in [0.25, 0.3) is 0 Å². The van der Waals surface area contributed by atoms with E-state index < -0.39 is 6.10 Å². The first-order valence-electron chi connectivity index (χ1n) is 10.4. The van der Waals surface area contributed by atoms with Gasteiger partial charge in [-0.1, -0.05) is 67.8 Å². The van der Waals surface area contributed by atoms with Gasteiger partial charge in [-0.25, -0.2) is 4.79 Å². The van der Waals surface area contributed by atoms with E-state index in [0.717, 1.165) is 25.7 Å². The van der Waals surface area contributed by atoms with E-state index in [0.29, 0.717) is 13.2 Å². The van der Waals surface area contributed by atoms with Crippen LogP contribution in [0.4, 0.5) is 4.79 Å². The molecular weight excluding hydrogens is 350 g/mol. The highest BCUT2D eigenvalue weighted by molar-refractivity contribution is 5.79. The van der Waals surface area contributed by atoms with Gasteiger partial charge in [0.2, 0.25) is 0 Å². The van der Waals surface area contributed by atoms with Crippen LogP contribution in [0.15, 0.2) is 48.5 Å². The standard InChI is InChI=1S/C24H29NO3/c1-17(26)15-25(18-9-3-2-4-10-18)24(27)28-16-23-21-13-7-5-11-19(21)20-12-6-8-14-22(20)23/h5-8,11-14,17-18,23,26H,2-4,9-10,15-16H2,1H3. The number of amides is 1. The number of carbonyl (C=O) groups excluding carboxylic acids is 1. The van der Waals surface area contributed by atoms with E-state index in [9.17, 15) is 9.90 Å². The summed E-state index contributed by atoms with van der Waals surface area (Å²) >= 11 is 0. The summed E-state index contributed by atoms with van der Waals surface area (Å²) in [6.45, 7) is 2.39. The molecule has 1 N–H and O–H groups in total. The summed E-state index contributed by atoms with van der Waals surface area (Å²) in [6.07, 6.45) is 4.64.